The molecule has 1 aromatic heterocycles. The summed E-state index contributed by atoms with van der Waals surface area (Å²) in [7, 11) is 0. The van der Waals surface area contributed by atoms with Gasteiger partial charge in [-0.15, -0.1) is 0 Å². The van der Waals surface area contributed by atoms with E-state index < -0.39 is 0 Å². The van der Waals surface area contributed by atoms with Crippen LogP contribution in [0.2, 0.25) is 0 Å². The summed E-state index contributed by atoms with van der Waals surface area (Å²) in [5, 5.41) is 3.68. The molecule has 2 bridgehead atoms. The van der Waals surface area contributed by atoms with Crippen molar-refractivity contribution in [2.24, 2.45) is 0 Å². The average molecular weight is 361 g/mol. The number of anilines is 1. The molecule has 1 unspecified atom stereocenters. The van der Waals surface area contributed by atoms with Gasteiger partial charge in [-0.2, -0.15) is 0 Å². The lowest BCUT2D eigenvalue weighted by molar-refractivity contribution is 0.0473. The minimum Gasteiger partial charge on any atom is -0.460 e. The SMILES string of the molecule is CCC(CC)c1nc(C(C)C)nc2c1C(=O)OCC1[C@H]3CC[C@@H](CN21)N3.[HH]. The van der Waals surface area contributed by atoms with E-state index in [0.717, 1.165) is 43.1 Å². The van der Waals surface area contributed by atoms with E-state index in [2.05, 4.69) is 37.9 Å². The fourth-order valence-corrected chi connectivity index (χ4v) is 4.69. The van der Waals surface area contributed by atoms with E-state index in [9.17, 15) is 4.79 Å². The maximum absolute atomic E-state index is 12.9. The highest BCUT2D eigenvalue weighted by molar-refractivity contribution is 5.97. The standard InChI is InChI=1S/C20H30N4O2.H2/c1-5-12(6-2)17-16-19(23-18(22-17)11(3)4)24-9-13-7-8-14(21-13)15(24)10-26-20(16)25;/h11-15,21H,5-10H2,1-4H3;1H/t13-,14+,15?;/m0./s1. The van der Waals surface area contributed by atoms with Crippen molar-refractivity contribution in [3.05, 3.63) is 17.1 Å². The highest BCUT2D eigenvalue weighted by atomic mass is 16.5. The minimum atomic E-state index is -0.248. The number of carbonyl (C=O) groups excluding carboxylic acids is 1. The van der Waals surface area contributed by atoms with Crippen molar-refractivity contribution in [2.45, 2.75) is 83.3 Å². The molecule has 0 aromatic carbocycles. The van der Waals surface area contributed by atoms with Gasteiger partial charge in [0.05, 0.1) is 11.7 Å². The van der Waals surface area contributed by atoms with Gasteiger partial charge in [0.25, 0.3) is 0 Å². The van der Waals surface area contributed by atoms with Crippen LogP contribution in [0.4, 0.5) is 5.82 Å². The number of hydrogen-bond acceptors (Lipinski definition) is 6. The van der Waals surface area contributed by atoms with Gasteiger partial charge in [0.15, 0.2) is 0 Å². The Labute approximate surface area is 157 Å². The van der Waals surface area contributed by atoms with Crippen LogP contribution in [0.5, 0.6) is 0 Å². The number of hydrogen-bond donors (Lipinski definition) is 1. The number of nitrogens with one attached hydrogen (secondary N) is 1. The highest BCUT2D eigenvalue weighted by Crippen LogP contribution is 2.38. The zero-order valence-corrected chi connectivity index (χ0v) is 16.3. The number of ether oxygens (including phenoxy) is 1. The van der Waals surface area contributed by atoms with Crippen molar-refractivity contribution in [2.75, 3.05) is 18.1 Å². The Kier molecular flexibility index (Phi) is 4.63. The lowest BCUT2D eigenvalue weighted by Crippen LogP contribution is -2.59. The number of aromatic nitrogens is 2. The van der Waals surface area contributed by atoms with E-state index in [0.29, 0.717) is 24.3 Å². The van der Waals surface area contributed by atoms with Gasteiger partial charge in [0, 0.05) is 31.9 Å². The summed E-state index contributed by atoms with van der Waals surface area (Å²) in [6, 6.07) is 1.02. The Bertz CT molecular complexity index is 707. The normalized spacial score (nSPS) is 27.4. The second kappa shape index (κ2) is 6.80. The van der Waals surface area contributed by atoms with Gasteiger partial charge in [-0.3, -0.25) is 0 Å². The number of rotatable bonds is 4. The van der Waals surface area contributed by atoms with E-state index in [1.54, 1.807) is 0 Å². The number of esters is 1. The summed E-state index contributed by atoms with van der Waals surface area (Å²) in [4.78, 5) is 25.0. The molecular formula is C20H32N4O2. The Morgan fingerprint density at radius 2 is 2.04 bits per heavy atom. The number of nitrogens with zero attached hydrogens (tertiary/aromatic N) is 3. The molecule has 4 heterocycles. The smallest absolute Gasteiger partial charge is 0.343 e. The van der Waals surface area contributed by atoms with Gasteiger partial charge in [0.2, 0.25) is 0 Å². The molecule has 0 aliphatic carbocycles. The monoisotopic (exact) mass is 360 g/mol. The molecule has 0 spiro atoms. The van der Waals surface area contributed by atoms with Crippen LogP contribution >= 0.6 is 0 Å². The van der Waals surface area contributed by atoms with Crippen LogP contribution in [-0.4, -0.2) is 47.2 Å². The molecule has 0 amide bonds. The molecule has 4 rings (SSSR count). The number of carbonyl (C=O) groups is 1. The third kappa shape index (κ3) is 2.79. The fourth-order valence-electron chi connectivity index (χ4n) is 4.69. The Morgan fingerprint density at radius 1 is 1.27 bits per heavy atom. The summed E-state index contributed by atoms with van der Waals surface area (Å²) in [6.45, 7) is 9.88. The number of fused-ring (bicyclic) bond motifs is 6. The van der Waals surface area contributed by atoms with Crippen LogP contribution in [0.1, 0.15) is 88.5 Å². The lowest BCUT2D eigenvalue weighted by Gasteiger charge is -2.40. The maximum Gasteiger partial charge on any atom is 0.343 e. The molecule has 2 fully saturated rings. The summed E-state index contributed by atoms with van der Waals surface area (Å²) in [5.74, 6) is 1.89. The molecule has 144 valence electrons. The van der Waals surface area contributed by atoms with Gasteiger partial charge in [-0.1, -0.05) is 27.7 Å². The summed E-state index contributed by atoms with van der Waals surface area (Å²) < 4.78 is 5.73. The van der Waals surface area contributed by atoms with Crippen LogP contribution in [-0.2, 0) is 4.74 Å². The van der Waals surface area contributed by atoms with Crippen LogP contribution in [0.15, 0.2) is 0 Å². The van der Waals surface area contributed by atoms with Crippen molar-refractivity contribution in [1.82, 2.24) is 15.3 Å². The predicted molar refractivity (Wildman–Crippen MR) is 103 cm³/mol. The molecule has 2 saturated heterocycles. The molecule has 6 nitrogen and oxygen atoms in total. The fraction of sp³-hybridized carbons (Fsp3) is 0.750. The average Bonchev–Trinajstić information content (AvgIpc) is 2.95. The first kappa shape index (κ1) is 17.7. The molecule has 6 heteroatoms. The second-order valence-corrected chi connectivity index (χ2v) is 8.20. The molecule has 26 heavy (non-hydrogen) atoms. The van der Waals surface area contributed by atoms with E-state index in [-0.39, 0.29) is 25.3 Å². The first-order valence-electron chi connectivity index (χ1n) is 10.1. The number of piperazine rings is 1. The third-order valence-electron chi connectivity index (χ3n) is 6.24. The van der Waals surface area contributed by atoms with Crippen molar-refractivity contribution in [3.8, 4) is 0 Å². The Balaban J connectivity index is 0.00000210. The van der Waals surface area contributed by atoms with Gasteiger partial charge in [-0.25, -0.2) is 14.8 Å². The quantitative estimate of drug-likeness (QED) is 0.832. The third-order valence-corrected chi connectivity index (χ3v) is 6.24. The van der Waals surface area contributed by atoms with Crippen molar-refractivity contribution in [3.63, 3.8) is 0 Å². The second-order valence-electron chi connectivity index (χ2n) is 8.20. The lowest BCUT2D eigenvalue weighted by atomic mass is 9.94. The Hall–Kier alpha value is -1.69. The molecule has 3 aliphatic rings. The summed E-state index contributed by atoms with van der Waals surface area (Å²) in [5.41, 5.74) is 1.51. The zero-order valence-electron chi connectivity index (χ0n) is 16.3. The highest BCUT2D eigenvalue weighted by Gasteiger charge is 2.45. The van der Waals surface area contributed by atoms with Crippen LogP contribution in [0.3, 0.4) is 0 Å². The van der Waals surface area contributed by atoms with Crippen molar-refractivity contribution >= 4 is 11.8 Å². The van der Waals surface area contributed by atoms with Gasteiger partial charge in [-0.05, 0) is 25.7 Å². The molecule has 3 atom stereocenters. The van der Waals surface area contributed by atoms with Crippen LogP contribution in [0.25, 0.3) is 0 Å². The minimum absolute atomic E-state index is 0. The van der Waals surface area contributed by atoms with Crippen molar-refractivity contribution in [1.29, 1.82) is 0 Å². The van der Waals surface area contributed by atoms with Crippen LogP contribution in [0, 0.1) is 0 Å². The molecule has 3 aliphatic heterocycles. The topological polar surface area (TPSA) is 67.3 Å². The molecule has 1 aromatic rings. The maximum atomic E-state index is 12.9. The molecule has 0 radical (unpaired) electrons. The van der Waals surface area contributed by atoms with Gasteiger partial charge < -0.3 is 15.0 Å². The summed E-state index contributed by atoms with van der Waals surface area (Å²) >= 11 is 0. The predicted octanol–water partition coefficient (Wildman–Crippen LogP) is 3.23. The first-order valence-corrected chi connectivity index (χ1v) is 10.1. The Morgan fingerprint density at radius 3 is 2.73 bits per heavy atom. The largest absolute Gasteiger partial charge is 0.460 e. The molecule has 0 saturated carbocycles. The van der Waals surface area contributed by atoms with Gasteiger partial charge >= 0.3 is 5.97 Å². The molecule has 1 N–H and O–H groups in total. The first-order chi connectivity index (χ1) is 12.5. The van der Waals surface area contributed by atoms with E-state index >= 15 is 0 Å². The van der Waals surface area contributed by atoms with E-state index in [1.807, 2.05) is 0 Å². The van der Waals surface area contributed by atoms with E-state index in [4.69, 9.17) is 14.7 Å². The van der Waals surface area contributed by atoms with Crippen LogP contribution < -0.4 is 10.2 Å². The molecular weight excluding hydrogens is 328 g/mol. The summed E-state index contributed by atoms with van der Waals surface area (Å²) in [6.07, 6.45) is 4.24. The van der Waals surface area contributed by atoms with Crippen molar-refractivity contribution < 1.29 is 11.0 Å². The van der Waals surface area contributed by atoms with E-state index in [1.165, 1.54) is 6.42 Å². The zero-order chi connectivity index (χ0) is 18.4. The number of cyclic esters (lactones) is 1. The van der Waals surface area contributed by atoms with Gasteiger partial charge in [0.1, 0.15) is 23.8 Å².